The lowest BCUT2D eigenvalue weighted by molar-refractivity contribution is -0.118. The first-order chi connectivity index (χ1) is 8.23. The Morgan fingerprint density at radius 1 is 1.12 bits per heavy atom. The summed E-state index contributed by atoms with van der Waals surface area (Å²) in [6, 6.07) is 0. The molecule has 2 unspecified atom stereocenters. The van der Waals surface area contributed by atoms with Gasteiger partial charge in [0.25, 0.3) is 0 Å². The SMILES string of the molecule is CC1(CC2CC2)CNCC(CC2CCCC2)O1. The van der Waals surface area contributed by atoms with Gasteiger partial charge in [0.05, 0.1) is 11.7 Å². The molecule has 3 aliphatic rings. The van der Waals surface area contributed by atoms with Crippen molar-refractivity contribution in [1.82, 2.24) is 5.32 Å². The van der Waals surface area contributed by atoms with Crippen LogP contribution in [0.3, 0.4) is 0 Å². The average Bonchev–Trinajstić information content (AvgIpc) is 2.93. The largest absolute Gasteiger partial charge is 0.369 e. The Kier molecular flexibility index (Phi) is 3.45. The van der Waals surface area contributed by atoms with Gasteiger partial charge in [-0.15, -0.1) is 0 Å². The average molecular weight is 237 g/mol. The molecule has 1 aliphatic heterocycles. The van der Waals surface area contributed by atoms with Gasteiger partial charge in [0, 0.05) is 13.1 Å². The van der Waals surface area contributed by atoms with Gasteiger partial charge in [0.15, 0.2) is 0 Å². The molecule has 3 fully saturated rings. The zero-order valence-corrected chi connectivity index (χ0v) is 11.2. The fourth-order valence-electron chi connectivity index (χ4n) is 3.79. The van der Waals surface area contributed by atoms with Crippen molar-refractivity contribution in [3.63, 3.8) is 0 Å². The van der Waals surface area contributed by atoms with Crippen LogP contribution in [0.4, 0.5) is 0 Å². The molecule has 0 aromatic rings. The van der Waals surface area contributed by atoms with Crippen LogP contribution in [-0.4, -0.2) is 24.8 Å². The van der Waals surface area contributed by atoms with E-state index >= 15 is 0 Å². The number of morpholine rings is 1. The minimum atomic E-state index is 0.128. The van der Waals surface area contributed by atoms with Gasteiger partial charge in [-0.05, 0) is 31.6 Å². The van der Waals surface area contributed by atoms with Gasteiger partial charge >= 0.3 is 0 Å². The van der Waals surface area contributed by atoms with Gasteiger partial charge in [-0.2, -0.15) is 0 Å². The van der Waals surface area contributed by atoms with E-state index in [9.17, 15) is 0 Å². The molecule has 0 spiro atoms. The smallest absolute Gasteiger partial charge is 0.0785 e. The van der Waals surface area contributed by atoms with E-state index in [1.807, 2.05) is 0 Å². The molecule has 17 heavy (non-hydrogen) atoms. The second-order valence-electron chi connectivity index (χ2n) is 6.85. The Hall–Kier alpha value is -0.0800. The van der Waals surface area contributed by atoms with E-state index < -0.39 is 0 Å². The van der Waals surface area contributed by atoms with E-state index in [-0.39, 0.29) is 5.60 Å². The monoisotopic (exact) mass is 237 g/mol. The normalized spacial score (nSPS) is 39.7. The molecule has 98 valence electrons. The third-order valence-corrected chi connectivity index (χ3v) is 4.81. The summed E-state index contributed by atoms with van der Waals surface area (Å²) in [5, 5.41) is 3.61. The van der Waals surface area contributed by atoms with E-state index in [4.69, 9.17) is 4.74 Å². The minimum absolute atomic E-state index is 0.128. The number of hydrogen-bond donors (Lipinski definition) is 1. The maximum absolute atomic E-state index is 6.42. The predicted molar refractivity (Wildman–Crippen MR) is 70.1 cm³/mol. The van der Waals surface area contributed by atoms with E-state index in [1.165, 1.54) is 51.4 Å². The van der Waals surface area contributed by atoms with Gasteiger partial charge in [0.2, 0.25) is 0 Å². The third-order valence-electron chi connectivity index (χ3n) is 4.81. The molecule has 2 heteroatoms. The highest BCUT2D eigenvalue weighted by molar-refractivity contribution is 4.91. The first-order valence-electron chi connectivity index (χ1n) is 7.62. The van der Waals surface area contributed by atoms with Crippen molar-refractivity contribution in [1.29, 1.82) is 0 Å². The number of rotatable bonds is 4. The van der Waals surface area contributed by atoms with Crippen LogP contribution in [-0.2, 0) is 4.74 Å². The Labute approximate surface area is 105 Å². The van der Waals surface area contributed by atoms with Crippen LogP contribution < -0.4 is 5.32 Å². The Morgan fingerprint density at radius 2 is 1.88 bits per heavy atom. The summed E-state index contributed by atoms with van der Waals surface area (Å²) in [5.74, 6) is 1.91. The molecule has 0 aromatic carbocycles. The standard InChI is InChI=1S/C15H27NO/c1-15(9-13-6-7-13)11-16-10-14(17-15)8-12-4-2-3-5-12/h12-14,16H,2-11H2,1H3. The lowest BCUT2D eigenvalue weighted by Crippen LogP contribution is -2.52. The van der Waals surface area contributed by atoms with Crippen molar-refractivity contribution in [2.45, 2.75) is 70.0 Å². The van der Waals surface area contributed by atoms with Crippen molar-refractivity contribution in [2.75, 3.05) is 13.1 Å². The fraction of sp³-hybridized carbons (Fsp3) is 1.00. The second-order valence-corrected chi connectivity index (χ2v) is 6.85. The molecule has 0 bridgehead atoms. The molecule has 1 saturated heterocycles. The number of hydrogen-bond acceptors (Lipinski definition) is 2. The molecule has 2 aliphatic carbocycles. The maximum atomic E-state index is 6.42. The van der Waals surface area contributed by atoms with Gasteiger partial charge in [-0.1, -0.05) is 38.5 Å². The first kappa shape index (κ1) is 12.0. The van der Waals surface area contributed by atoms with Crippen molar-refractivity contribution >= 4 is 0 Å². The van der Waals surface area contributed by atoms with Crippen LogP contribution in [0.5, 0.6) is 0 Å². The second kappa shape index (κ2) is 4.89. The van der Waals surface area contributed by atoms with Crippen LogP contribution >= 0.6 is 0 Å². The maximum Gasteiger partial charge on any atom is 0.0785 e. The highest BCUT2D eigenvalue weighted by atomic mass is 16.5. The van der Waals surface area contributed by atoms with Gasteiger partial charge < -0.3 is 10.1 Å². The van der Waals surface area contributed by atoms with Crippen LogP contribution in [0.2, 0.25) is 0 Å². The molecule has 0 aromatic heterocycles. The quantitative estimate of drug-likeness (QED) is 0.811. The highest BCUT2D eigenvalue weighted by Gasteiger charge is 2.38. The molecule has 2 atom stereocenters. The number of nitrogens with one attached hydrogen (secondary N) is 1. The molecule has 0 amide bonds. The summed E-state index contributed by atoms with van der Waals surface area (Å²) in [6.07, 6.45) is 11.7. The van der Waals surface area contributed by atoms with Crippen LogP contribution in [0.1, 0.15) is 58.3 Å². The lowest BCUT2D eigenvalue weighted by Gasteiger charge is -2.40. The molecular weight excluding hydrogens is 210 g/mol. The van der Waals surface area contributed by atoms with Crippen LogP contribution in [0.25, 0.3) is 0 Å². The van der Waals surface area contributed by atoms with Crippen molar-refractivity contribution < 1.29 is 4.74 Å². The van der Waals surface area contributed by atoms with E-state index in [0.717, 1.165) is 24.9 Å². The molecule has 1 heterocycles. The van der Waals surface area contributed by atoms with E-state index in [1.54, 1.807) is 0 Å². The van der Waals surface area contributed by atoms with Gasteiger partial charge in [-0.3, -0.25) is 0 Å². The molecule has 0 radical (unpaired) electrons. The predicted octanol–water partition coefficient (Wildman–Crippen LogP) is 3.11. The minimum Gasteiger partial charge on any atom is -0.369 e. The van der Waals surface area contributed by atoms with E-state index in [2.05, 4.69) is 12.2 Å². The lowest BCUT2D eigenvalue weighted by atomic mass is 9.93. The highest BCUT2D eigenvalue weighted by Crippen LogP contribution is 2.40. The summed E-state index contributed by atoms with van der Waals surface area (Å²) >= 11 is 0. The van der Waals surface area contributed by atoms with Crippen molar-refractivity contribution in [3.8, 4) is 0 Å². The Balaban J connectivity index is 1.50. The summed E-state index contributed by atoms with van der Waals surface area (Å²) in [5.41, 5.74) is 0.128. The third kappa shape index (κ3) is 3.23. The summed E-state index contributed by atoms with van der Waals surface area (Å²) in [6.45, 7) is 4.46. The molecular formula is C15H27NO. The molecule has 2 saturated carbocycles. The number of ether oxygens (including phenoxy) is 1. The van der Waals surface area contributed by atoms with Crippen molar-refractivity contribution in [3.05, 3.63) is 0 Å². The van der Waals surface area contributed by atoms with Gasteiger partial charge in [0.1, 0.15) is 0 Å². The Bertz CT molecular complexity index is 258. The first-order valence-corrected chi connectivity index (χ1v) is 7.62. The van der Waals surface area contributed by atoms with Crippen LogP contribution in [0, 0.1) is 11.8 Å². The zero-order valence-electron chi connectivity index (χ0n) is 11.2. The molecule has 3 rings (SSSR count). The van der Waals surface area contributed by atoms with Crippen LogP contribution in [0.15, 0.2) is 0 Å². The fourth-order valence-corrected chi connectivity index (χ4v) is 3.79. The summed E-state index contributed by atoms with van der Waals surface area (Å²) in [7, 11) is 0. The summed E-state index contributed by atoms with van der Waals surface area (Å²) in [4.78, 5) is 0. The molecule has 2 nitrogen and oxygen atoms in total. The summed E-state index contributed by atoms with van der Waals surface area (Å²) < 4.78 is 6.42. The van der Waals surface area contributed by atoms with Crippen molar-refractivity contribution in [2.24, 2.45) is 11.8 Å². The molecule has 1 N–H and O–H groups in total. The van der Waals surface area contributed by atoms with Gasteiger partial charge in [-0.25, -0.2) is 0 Å². The zero-order chi connectivity index (χ0) is 11.7. The Morgan fingerprint density at radius 3 is 2.59 bits per heavy atom. The topological polar surface area (TPSA) is 21.3 Å². The van der Waals surface area contributed by atoms with E-state index in [0.29, 0.717) is 6.10 Å².